The third-order valence-electron chi connectivity index (χ3n) is 4.28. The molecule has 0 amide bonds. The Hall–Kier alpha value is -3.13. The predicted octanol–water partition coefficient (Wildman–Crippen LogP) is 1.79. The van der Waals surface area contributed by atoms with Crippen molar-refractivity contribution in [1.82, 2.24) is 15.0 Å². The third-order valence-corrected chi connectivity index (χ3v) is 5.27. The molecule has 0 bridgehead atoms. The number of benzene rings is 1. The van der Waals surface area contributed by atoms with Gasteiger partial charge in [-0.25, -0.2) is 4.79 Å². The van der Waals surface area contributed by atoms with Crippen molar-refractivity contribution in [2.45, 2.75) is 19.0 Å². The normalized spacial score (nSPS) is 16.3. The molecule has 2 aromatic heterocycles. The molecule has 26 heavy (non-hydrogen) atoms. The zero-order valence-corrected chi connectivity index (χ0v) is 14.5. The molecule has 132 valence electrons. The van der Waals surface area contributed by atoms with E-state index in [-0.39, 0.29) is 24.0 Å². The molecule has 1 unspecified atom stereocenters. The first kappa shape index (κ1) is 16.3. The highest BCUT2D eigenvalue weighted by atomic mass is 32.1. The molecule has 0 fully saturated rings. The van der Waals surface area contributed by atoms with Crippen molar-refractivity contribution >= 4 is 17.0 Å². The van der Waals surface area contributed by atoms with Crippen molar-refractivity contribution in [3.63, 3.8) is 0 Å². The number of aromatic amines is 1. The molecule has 0 radical (unpaired) electrons. The molecular weight excluding hydrogens is 352 g/mol. The van der Waals surface area contributed by atoms with Gasteiger partial charge in [0.15, 0.2) is 0 Å². The van der Waals surface area contributed by atoms with Gasteiger partial charge >= 0.3 is 5.69 Å². The number of hydrogen-bond acceptors (Lipinski definition) is 6. The lowest BCUT2D eigenvalue weighted by Crippen LogP contribution is -2.34. The van der Waals surface area contributed by atoms with Crippen molar-refractivity contribution in [3.05, 3.63) is 84.7 Å². The van der Waals surface area contributed by atoms with Gasteiger partial charge in [-0.2, -0.15) is 5.10 Å². The van der Waals surface area contributed by atoms with Gasteiger partial charge in [0.25, 0.3) is 5.56 Å². The molecule has 1 aliphatic rings. The van der Waals surface area contributed by atoms with E-state index in [2.05, 4.69) is 15.5 Å². The van der Waals surface area contributed by atoms with Crippen LogP contribution in [0.2, 0.25) is 0 Å². The largest absolute Gasteiger partial charge is 0.494 e. The number of thiophene rings is 1. The summed E-state index contributed by atoms with van der Waals surface area (Å²) in [6, 6.07) is 13.1. The minimum Gasteiger partial charge on any atom is -0.494 e. The van der Waals surface area contributed by atoms with Gasteiger partial charge in [0.1, 0.15) is 5.56 Å². The van der Waals surface area contributed by atoms with Crippen molar-refractivity contribution in [2.75, 3.05) is 0 Å². The summed E-state index contributed by atoms with van der Waals surface area (Å²) in [5.74, 6) is -0.366. The van der Waals surface area contributed by atoms with E-state index in [0.29, 0.717) is 12.1 Å². The Balaban J connectivity index is 1.70. The summed E-state index contributed by atoms with van der Waals surface area (Å²) in [6.07, 6.45) is 0.459. The fourth-order valence-electron chi connectivity index (χ4n) is 2.98. The van der Waals surface area contributed by atoms with Crippen LogP contribution in [0, 0.1) is 0 Å². The number of nitrogens with zero attached hydrogens (tertiary/aromatic N) is 2. The topological polar surface area (TPSA) is 99.5 Å². The van der Waals surface area contributed by atoms with Gasteiger partial charge in [0.2, 0.25) is 5.88 Å². The maximum Gasteiger partial charge on any atom is 0.331 e. The summed E-state index contributed by atoms with van der Waals surface area (Å²) < 4.78 is 1.15. The van der Waals surface area contributed by atoms with Gasteiger partial charge in [0, 0.05) is 11.3 Å². The highest BCUT2D eigenvalue weighted by Gasteiger charge is 2.27. The van der Waals surface area contributed by atoms with E-state index in [9.17, 15) is 14.7 Å². The van der Waals surface area contributed by atoms with E-state index in [1.807, 2.05) is 47.8 Å². The monoisotopic (exact) mass is 368 g/mol. The minimum atomic E-state index is -0.651. The predicted molar refractivity (Wildman–Crippen MR) is 99.9 cm³/mol. The number of aromatic nitrogens is 2. The summed E-state index contributed by atoms with van der Waals surface area (Å²) in [4.78, 5) is 27.9. The van der Waals surface area contributed by atoms with E-state index >= 15 is 0 Å². The molecule has 1 atom stereocenters. The molecule has 3 aromatic rings. The maximum absolute atomic E-state index is 12.3. The second-order valence-electron chi connectivity index (χ2n) is 5.99. The van der Waals surface area contributed by atoms with Crippen molar-refractivity contribution in [1.29, 1.82) is 0 Å². The quantitative estimate of drug-likeness (QED) is 0.654. The molecule has 0 saturated carbocycles. The van der Waals surface area contributed by atoms with Crippen LogP contribution in [-0.4, -0.2) is 20.4 Å². The first-order valence-corrected chi connectivity index (χ1v) is 8.97. The zero-order chi connectivity index (χ0) is 18.1. The van der Waals surface area contributed by atoms with Crippen LogP contribution >= 0.6 is 11.3 Å². The SMILES string of the molecule is O=c1[nH]c(=O)n(Cc2ccccc2)c(O)c1C1=NNC(c2cccs2)C1. The fourth-order valence-corrected chi connectivity index (χ4v) is 3.76. The van der Waals surface area contributed by atoms with Crippen LogP contribution < -0.4 is 16.7 Å². The number of hydrazone groups is 1. The molecule has 8 heteroatoms. The van der Waals surface area contributed by atoms with Crippen molar-refractivity contribution in [3.8, 4) is 5.88 Å². The Morgan fingerprint density at radius 1 is 1.19 bits per heavy atom. The van der Waals surface area contributed by atoms with Crippen LogP contribution in [0.3, 0.4) is 0 Å². The molecule has 3 N–H and O–H groups in total. The Kier molecular flexibility index (Phi) is 4.18. The van der Waals surface area contributed by atoms with E-state index < -0.39 is 11.2 Å². The van der Waals surface area contributed by atoms with Crippen molar-refractivity contribution in [2.24, 2.45) is 5.10 Å². The van der Waals surface area contributed by atoms with Crippen LogP contribution in [-0.2, 0) is 6.54 Å². The van der Waals surface area contributed by atoms with Gasteiger partial charge in [-0.1, -0.05) is 36.4 Å². The molecule has 1 aliphatic heterocycles. The van der Waals surface area contributed by atoms with Crippen LogP contribution in [0.15, 0.2) is 62.5 Å². The molecule has 7 nitrogen and oxygen atoms in total. The first-order valence-electron chi connectivity index (χ1n) is 8.09. The molecular formula is C18H16N4O3S. The Morgan fingerprint density at radius 2 is 2.00 bits per heavy atom. The molecule has 3 heterocycles. The highest BCUT2D eigenvalue weighted by Crippen LogP contribution is 2.28. The lowest BCUT2D eigenvalue weighted by Gasteiger charge is -2.11. The second kappa shape index (κ2) is 6.64. The summed E-state index contributed by atoms with van der Waals surface area (Å²) in [5, 5.41) is 16.8. The fraction of sp³-hybridized carbons (Fsp3) is 0.167. The van der Waals surface area contributed by atoms with Crippen LogP contribution in [0.4, 0.5) is 0 Å². The molecule has 1 aromatic carbocycles. The maximum atomic E-state index is 12.3. The van der Waals surface area contributed by atoms with Gasteiger partial charge in [-0.15, -0.1) is 11.3 Å². The number of rotatable bonds is 4. The summed E-state index contributed by atoms with van der Waals surface area (Å²) >= 11 is 1.59. The zero-order valence-electron chi connectivity index (χ0n) is 13.7. The van der Waals surface area contributed by atoms with Crippen LogP contribution in [0.1, 0.15) is 28.5 Å². The molecule has 0 saturated heterocycles. The lowest BCUT2D eigenvalue weighted by molar-refractivity contribution is 0.408. The number of nitrogens with one attached hydrogen (secondary N) is 2. The van der Waals surface area contributed by atoms with Crippen LogP contribution in [0.5, 0.6) is 5.88 Å². The van der Waals surface area contributed by atoms with E-state index in [0.717, 1.165) is 15.0 Å². The summed E-state index contributed by atoms with van der Waals surface area (Å²) in [6.45, 7) is 0.157. The lowest BCUT2D eigenvalue weighted by atomic mass is 10.1. The summed E-state index contributed by atoms with van der Waals surface area (Å²) in [5.41, 5.74) is 3.01. The first-order chi connectivity index (χ1) is 12.6. The number of hydrogen-bond donors (Lipinski definition) is 3. The van der Waals surface area contributed by atoms with Gasteiger partial charge < -0.3 is 10.5 Å². The van der Waals surface area contributed by atoms with Gasteiger partial charge in [-0.3, -0.25) is 14.3 Å². The average Bonchev–Trinajstić information content (AvgIpc) is 3.31. The highest BCUT2D eigenvalue weighted by molar-refractivity contribution is 7.10. The molecule has 4 rings (SSSR count). The van der Waals surface area contributed by atoms with Crippen molar-refractivity contribution < 1.29 is 5.11 Å². The van der Waals surface area contributed by atoms with Gasteiger partial charge in [-0.05, 0) is 17.0 Å². The third kappa shape index (κ3) is 2.95. The standard InChI is InChI=1S/C18H16N4O3S/c23-16-15(13-9-12(20-21-13)14-7-4-8-26-14)17(24)22(18(25)19-16)10-11-5-2-1-3-6-11/h1-8,12,20,24H,9-10H2,(H,19,23,25). The number of aromatic hydroxyl groups is 1. The Bertz CT molecular complexity index is 1070. The molecule has 0 aliphatic carbocycles. The van der Waals surface area contributed by atoms with E-state index in [1.54, 1.807) is 11.3 Å². The molecule has 0 spiro atoms. The Morgan fingerprint density at radius 3 is 2.73 bits per heavy atom. The summed E-state index contributed by atoms with van der Waals surface area (Å²) in [7, 11) is 0. The average molecular weight is 368 g/mol. The van der Waals surface area contributed by atoms with E-state index in [1.165, 1.54) is 0 Å². The second-order valence-corrected chi connectivity index (χ2v) is 6.97. The smallest absolute Gasteiger partial charge is 0.331 e. The van der Waals surface area contributed by atoms with Crippen LogP contribution in [0.25, 0.3) is 0 Å². The van der Waals surface area contributed by atoms with E-state index in [4.69, 9.17) is 0 Å². The Labute approximate surface area is 152 Å². The number of H-pyrrole nitrogens is 1. The minimum absolute atomic E-state index is 0.0343. The van der Waals surface area contributed by atoms with Gasteiger partial charge in [0.05, 0.1) is 18.3 Å².